The van der Waals surface area contributed by atoms with Crippen LogP contribution in [0, 0.1) is 0 Å². The lowest BCUT2D eigenvalue weighted by atomic mass is 9.88. The van der Waals surface area contributed by atoms with Gasteiger partial charge in [0.2, 0.25) is 0 Å². The molecule has 10 aromatic rings. The highest BCUT2D eigenvalue weighted by atomic mass is 16.5. The fraction of sp³-hybridized carbons (Fsp3) is 0.145. The Morgan fingerprint density at radius 3 is 1.92 bits per heavy atom. The zero-order valence-corrected chi connectivity index (χ0v) is 35.5. The zero-order valence-electron chi connectivity index (χ0n) is 35.5. The van der Waals surface area contributed by atoms with Gasteiger partial charge in [0.05, 0.1) is 39.1 Å². The maximum Gasteiger partial charge on any atom is 0.137 e. The number of para-hydroxylation sites is 3. The molecule has 0 spiro atoms. The molecule has 10 rings (SSSR count). The minimum Gasteiger partial charge on any atom is -0.457 e. The molecule has 0 saturated heterocycles. The highest BCUT2D eigenvalue weighted by Crippen LogP contribution is 2.46. The molecule has 0 bridgehead atoms. The minimum absolute atomic E-state index is 0.0146. The molecular weight excluding hydrogens is 747 g/mol. The van der Waals surface area contributed by atoms with E-state index in [0.717, 1.165) is 56.6 Å². The van der Waals surface area contributed by atoms with Crippen LogP contribution in [0.3, 0.4) is 0 Å². The number of hydrogen-bond donors (Lipinski definition) is 1. The second kappa shape index (κ2) is 15.1. The molecule has 61 heavy (non-hydrogen) atoms. The Morgan fingerprint density at radius 2 is 1.21 bits per heavy atom. The van der Waals surface area contributed by atoms with Crippen molar-refractivity contribution in [2.75, 3.05) is 17.3 Å². The summed E-state index contributed by atoms with van der Waals surface area (Å²) in [7, 11) is 2.16. The van der Waals surface area contributed by atoms with Gasteiger partial charge in [-0.25, -0.2) is 4.98 Å². The van der Waals surface area contributed by atoms with Crippen LogP contribution < -0.4 is 15.0 Å². The van der Waals surface area contributed by atoms with Crippen molar-refractivity contribution in [3.05, 3.63) is 182 Å². The van der Waals surface area contributed by atoms with E-state index in [1.807, 2.05) is 18.3 Å². The molecule has 0 aliphatic heterocycles. The highest BCUT2D eigenvalue weighted by Gasteiger charge is 2.26. The summed E-state index contributed by atoms with van der Waals surface area (Å²) in [6.07, 6.45) is 1.93. The van der Waals surface area contributed by atoms with Crippen molar-refractivity contribution >= 4 is 55.6 Å². The van der Waals surface area contributed by atoms with Crippen LogP contribution in [0.1, 0.15) is 46.2 Å². The van der Waals surface area contributed by atoms with E-state index in [-0.39, 0.29) is 11.5 Å². The van der Waals surface area contributed by atoms with Crippen molar-refractivity contribution in [1.29, 1.82) is 0 Å². The first-order valence-electron chi connectivity index (χ1n) is 21.1. The van der Waals surface area contributed by atoms with Gasteiger partial charge in [0.15, 0.2) is 0 Å². The molecule has 1 N–H and O–H groups in total. The van der Waals surface area contributed by atoms with Gasteiger partial charge in [0.1, 0.15) is 17.3 Å². The molecule has 0 fully saturated rings. The maximum atomic E-state index is 6.85. The van der Waals surface area contributed by atoms with Crippen LogP contribution in [-0.2, 0) is 5.41 Å². The van der Waals surface area contributed by atoms with Gasteiger partial charge < -0.3 is 19.5 Å². The SMILES string of the molecule is CC(C)n1c2cccc3c2c2c(cc(Oc4cccc(Nc5ccccc5N(C)c5c(-c6ccccc6)cccc5-c5ccccc5)c4)cc21)n3-c1cc(C(C)(C)C)ccn1. The Morgan fingerprint density at radius 1 is 0.590 bits per heavy atom. The largest absolute Gasteiger partial charge is 0.457 e. The van der Waals surface area contributed by atoms with E-state index in [2.05, 4.69) is 219 Å². The van der Waals surface area contributed by atoms with Crippen molar-refractivity contribution in [3.8, 4) is 39.6 Å². The fourth-order valence-electron chi connectivity index (χ4n) is 9.04. The van der Waals surface area contributed by atoms with Gasteiger partial charge in [0.25, 0.3) is 0 Å². The molecule has 0 saturated carbocycles. The smallest absolute Gasteiger partial charge is 0.137 e. The van der Waals surface area contributed by atoms with E-state index in [1.54, 1.807) is 0 Å². The van der Waals surface area contributed by atoms with E-state index in [9.17, 15) is 0 Å². The average molecular weight is 796 g/mol. The molecule has 6 heteroatoms. The van der Waals surface area contributed by atoms with Crippen LogP contribution in [0.15, 0.2) is 176 Å². The van der Waals surface area contributed by atoms with Gasteiger partial charge >= 0.3 is 0 Å². The van der Waals surface area contributed by atoms with Crippen molar-refractivity contribution < 1.29 is 4.74 Å². The summed E-state index contributed by atoms with van der Waals surface area (Å²) < 4.78 is 11.6. The molecule has 7 aromatic carbocycles. The van der Waals surface area contributed by atoms with Crippen LogP contribution in [0.2, 0.25) is 0 Å². The summed E-state index contributed by atoms with van der Waals surface area (Å²) in [5.74, 6) is 2.42. The van der Waals surface area contributed by atoms with Crippen LogP contribution in [-0.4, -0.2) is 21.2 Å². The lowest BCUT2D eigenvalue weighted by Gasteiger charge is -2.28. The monoisotopic (exact) mass is 795 g/mol. The Bertz CT molecular complexity index is 3110. The molecule has 0 atom stereocenters. The first kappa shape index (κ1) is 37.9. The van der Waals surface area contributed by atoms with Crippen molar-refractivity contribution in [2.45, 2.75) is 46.1 Å². The van der Waals surface area contributed by atoms with Crippen molar-refractivity contribution in [3.63, 3.8) is 0 Å². The van der Waals surface area contributed by atoms with E-state index in [1.165, 1.54) is 44.1 Å². The molecule has 3 heterocycles. The van der Waals surface area contributed by atoms with E-state index in [4.69, 9.17) is 9.72 Å². The van der Waals surface area contributed by atoms with Crippen LogP contribution in [0.4, 0.5) is 22.7 Å². The lowest BCUT2D eigenvalue weighted by molar-refractivity contribution is 0.483. The summed E-state index contributed by atoms with van der Waals surface area (Å²) in [6.45, 7) is 11.2. The minimum atomic E-state index is -0.0146. The average Bonchev–Trinajstić information content (AvgIpc) is 3.80. The topological polar surface area (TPSA) is 47.2 Å². The summed E-state index contributed by atoms with van der Waals surface area (Å²) in [4.78, 5) is 7.25. The zero-order chi connectivity index (χ0) is 41.8. The normalized spacial score (nSPS) is 11.9. The number of aromatic nitrogens is 3. The van der Waals surface area contributed by atoms with Crippen molar-refractivity contribution in [1.82, 2.24) is 14.1 Å². The third-order valence-corrected chi connectivity index (χ3v) is 11.9. The number of nitrogens with zero attached hydrogens (tertiary/aromatic N) is 4. The Balaban J connectivity index is 1.03. The molecular formula is C55H49N5O. The summed E-state index contributed by atoms with van der Waals surface area (Å²) in [6, 6.07) is 60.2. The molecule has 3 aromatic heterocycles. The quantitative estimate of drug-likeness (QED) is 0.150. The predicted octanol–water partition coefficient (Wildman–Crippen LogP) is 15.1. The van der Waals surface area contributed by atoms with Gasteiger partial charge in [-0.15, -0.1) is 0 Å². The Kier molecular flexibility index (Phi) is 9.36. The first-order valence-corrected chi connectivity index (χ1v) is 21.1. The molecule has 0 amide bonds. The van der Waals surface area contributed by atoms with Gasteiger partial charge in [-0.1, -0.05) is 124 Å². The Labute approximate surface area is 357 Å². The standard InChI is InChI=1S/C55H49N5O/c1-36(2)59-47-28-17-29-48-52(47)53-49(59)34-42(35-50(53)60(48)51-32-39(30-31-56-51)55(3,4)5)61-41-23-15-22-40(33-41)57-45-26-13-14-27-46(45)58(6)54-43(37-18-9-7-10-19-37)24-16-25-44(54)38-20-11-8-12-21-38/h7-36,57H,1-6H3. The highest BCUT2D eigenvalue weighted by molar-refractivity contribution is 6.25. The molecule has 0 radical (unpaired) electrons. The van der Waals surface area contributed by atoms with E-state index < -0.39 is 0 Å². The second-order valence-electron chi connectivity index (χ2n) is 17.2. The number of ether oxygens (including phenoxy) is 1. The molecule has 300 valence electrons. The number of pyridine rings is 1. The predicted molar refractivity (Wildman–Crippen MR) is 256 cm³/mol. The summed E-state index contributed by atoms with van der Waals surface area (Å²) in [5, 5.41) is 6.25. The van der Waals surface area contributed by atoms with E-state index >= 15 is 0 Å². The number of benzene rings is 7. The molecule has 0 unspecified atom stereocenters. The van der Waals surface area contributed by atoms with Gasteiger partial charge in [-0.3, -0.25) is 4.57 Å². The Hall–Kier alpha value is -7.31. The lowest BCUT2D eigenvalue weighted by Crippen LogP contribution is -2.14. The van der Waals surface area contributed by atoms with Crippen LogP contribution in [0.25, 0.3) is 60.9 Å². The summed E-state index contributed by atoms with van der Waals surface area (Å²) >= 11 is 0. The third-order valence-electron chi connectivity index (χ3n) is 11.9. The fourth-order valence-corrected chi connectivity index (χ4v) is 9.04. The number of anilines is 4. The summed E-state index contributed by atoms with van der Waals surface area (Å²) in [5.41, 5.74) is 14.6. The number of rotatable bonds is 10. The second-order valence-corrected chi connectivity index (χ2v) is 17.2. The van der Waals surface area contributed by atoms with Gasteiger partial charge in [-0.05, 0) is 84.5 Å². The molecule has 0 aliphatic rings. The van der Waals surface area contributed by atoms with Gasteiger partial charge in [-0.2, -0.15) is 0 Å². The molecule has 0 aliphatic carbocycles. The number of nitrogens with one attached hydrogen (secondary N) is 1. The maximum absolute atomic E-state index is 6.85. The van der Waals surface area contributed by atoms with E-state index in [0.29, 0.717) is 0 Å². The third kappa shape index (κ3) is 6.74. The van der Waals surface area contributed by atoms with Crippen molar-refractivity contribution in [2.24, 2.45) is 0 Å². The van der Waals surface area contributed by atoms with Crippen LogP contribution in [0.5, 0.6) is 11.5 Å². The molecule has 6 nitrogen and oxygen atoms in total. The first-order chi connectivity index (χ1) is 29.6. The van der Waals surface area contributed by atoms with Gasteiger partial charge in [0, 0.05) is 65.1 Å². The van der Waals surface area contributed by atoms with Crippen LogP contribution >= 0.6 is 0 Å². The number of hydrogen-bond acceptors (Lipinski definition) is 4.